The second-order valence-corrected chi connectivity index (χ2v) is 7.68. The van der Waals surface area contributed by atoms with Crippen molar-refractivity contribution in [1.29, 1.82) is 0 Å². The fourth-order valence-corrected chi connectivity index (χ4v) is 3.40. The zero-order chi connectivity index (χ0) is 21.3. The number of fused-ring (bicyclic) bond motifs is 1. The number of carbonyl (C=O) groups excluding carboxylic acids is 1. The van der Waals surface area contributed by atoms with E-state index in [1.165, 1.54) is 12.3 Å². The number of hydrogen-bond donors (Lipinski definition) is 0. The van der Waals surface area contributed by atoms with E-state index in [0.717, 1.165) is 11.1 Å². The number of aryl methyl sites for hydroxylation is 2. The lowest BCUT2D eigenvalue weighted by atomic mass is 10.1. The van der Waals surface area contributed by atoms with Gasteiger partial charge >= 0.3 is 5.97 Å². The molecule has 0 radical (unpaired) electrons. The maximum absolute atomic E-state index is 12.8. The number of hydrogen-bond acceptors (Lipinski definition) is 5. The Hall–Kier alpha value is -3.38. The van der Waals surface area contributed by atoms with Crippen LogP contribution < -0.4 is 14.9 Å². The Balaban J connectivity index is 1.63. The van der Waals surface area contributed by atoms with E-state index < -0.39 is 5.97 Å². The molecule has 1 heterocycles. The van der Waals surface area contributed by atoms with Gasteiger partial charge in [0.15, 0.2) is 0 Å². The summed E-state index contributed by atoms with van der Waals surface area (Å²) in [5, 5.41) is 0.332. The third kappa shape index (κ3) is 4.00. The van der Waals surface area contributed by atoms with Crippen molar-refractivity contribution in [3.05, 3.63) is 98.3 Å². The fourth-order valence-electron chi connectivity index (χ4n) is 2.95. The Kier molecular flexibility index (Phi) is 5.42. The number of esters is 1. The lowest BCUT2D eigenvalue weighted by Crippen LogP contribution is -2.10. The Bertz CT molecular complexity index is 1320. The van der Waals surface area contributed by atoms with Gasteiger partial charge in [0.1, 0.15) is 23.3 Å². The van der Waals surface area contributed by atoms with Crippen molar-refractivity contribution in [2.24, 2.45) is 0 Å². The average molecular weight is 465 g/mol. The fraction of sp³-hybridized carbons (Fsp3) is 0.0833. The van der Waals surface area contributed by atoms with E-state index in [0.29, 0.717) is 26.8 Å². The summed E-state index contributed by atoms with van der Waals surface area (Å²) in [5.74, 6) is 0.448. The van der Waals surface area contributed by atoms with Gasteiger partial charge in [0.25, 0.3) is 0 Å². The van der Waals surface area contributed by atoms with Crippen molar-refractivity contribution in [3.8, 4) is 17.2 Å². The predicted octanol–water partition coefficient (Wildman–Crippen LogP) is 6.18. The Morgan fingerprint density at radius 3 is 2.57 bits per heavy atom. The Morgan fingerprint density at radius 2 is 1.77 bits per heavy atom. The van der Waals surface area contributed by atoms with Gasteiger partial charge in [0.2, 0.25) is 11.2 Å². The lowest BCUT2D eigenvalue weighted by Gasteiger charge is -2.10. The molecule has 0 aliphatic heterocycles. The Labute approximate surface area is 181 Å². The van der Waals surface area contributed by atoms with Gasteiger partial charge in [-0.25, -0.2) is 4.79 Å². The molecule has 0 aliphatic rings. The molecule has 1 aromatic heterocycles. The zero-order valence-corrected chi connectivity index (χ0v) is 17.9. The van der Waals surface area contributed by atoms with Crippen molar-refractivity contribution < 1.29 is 18.7 Å². The molecule has 0 N–H and O–H groups in total. The molecule has 0 aliphatic carbocycles. The molecule has 4 aromatic rings. The van der Waals surface area contributed by atoms with E-state index in [1.54, 1.807) is 30.3 Å². The summed E-state index contributed by atoms with van der Waals surface area (Å²) in [6.45, 7) is 3.86. The van der Waals surface area contributed by atoms with Crippen molar-refractivity contribution in [3.63, 3.8) is 0 Å². The van der Waals surface area contributed by atoms with Gasteiger partial charge in [0, 0.05) is 10.5 Å². The minimum absolute atomic E-state index is 0.0918. The Morgan fingerprint density at radius 1 is 0.967 bits per heavy atom. The van der Waals surface area contributed by atoms with Gasteiger partial charge in [-0.2, -0.15) is 0 Å². The molecule has 0 saturated carbocycles. The van der Waals surface area contributed by atoms with E-state index in [-0.39, 0.29) is 16.9 Å². The molecule has 0 bridgehead atoms. The number of carbonyl (C=O) groups is 1. The van der Waals surface area contributed by atoms with Crippen LogP contribution in [0.1, 0.15) is 21.5 Å². The second kappa shape index (κ2) is 8.16. The highest BCUT2D eigenvalue weighted by Crippen LogP contribution is 2.27. The van der Waals surface area contributed by atoms with Crippen molar-refractivity contribution in [2.75, 3.05) is 0 Å². The van der Waals surface area contributed by atoms with Crippen LogP contribution >= 0.6 is 15.9 Å². The zero-order valence-electron chi connectivity index (χ0n) is 16.3. The van der Waals surface area contributed by atoms with E-state index in [2.05, 4.69) is 15.9 Å². The molecule has 0 atom stereocenters. The van der Waals surface area contributed by atoms with Crippen molar-refractivity contribution in [1.82, 2.24) is 0 Å². The van der Waals surface area contributed by atoms with E-state index in [1.807, 2.05) is 38.1 Å². The van der Waals surface area contributed by atoms with Crippen LogP contribution in [-0.2, 0) is 0 Å². The highest BCUT2D eigenvalue weighted by atomic mass is 79.9. The van der Waals surface area contributed by atoms with Crippen LogP contribution in [0.25, 0.3) is 11.0 Å². The normalized spacial score (nSPS) is 10.8. The van der Waals surface area contributed by atoms with Gasteiger partial charge in [-0.3, -0.25) is 4.79 Å². The van der Waals surface area contributed by atoms with Crippen LogP contribution in [0.2, 0.25) is 0 Å². The summed E-state index contributed by atoms with van der Waals surface area (Å²) < 4.78 is 17.4. The van der Waals surface area contributed by atoms with E-state index in [4.69, 9.17) is 13.9 Å². The van der Waals surface area contributed by atoms with Gasteiger partial charge < -0.3 is 13.9 Å². The van der Waals surface area contributed by atoms with Crippen LogP contribution in [-0.4, -0.2) is 5.97 Å². The monoisotopic (exact) mass is 464 g/mol. The minimum Gasteiger partial charge on any atom is -0.460 e. The smallest absolute Gasteiger partial charge is 0.344 e. The third-order valence-corrected chi connectivity index (χ3v) is 5.27. The lowest BCUT2D eigenvalue weighted by molar-refractivity contribution is 0.0734. The first-order valence-corrected chi connectivity index (χ1v) is 9.99. The first-order valence-electron chi connectivity index (χ1n) is 9.20. The highest BCUT2D eigenvalue weighted by Gasteiger charge is 2.15. The van der Waals surface area contributed by atoms with Crippen LogP contribution in [0.5, 0.6) is 17.2 Å². The van der Waals surface area contributed by atoms with Crippen LogP contribution in [0, 0.1) is 13.8 Å². The summed E-state index contributed by atoms with van der Waals surface area (Å²) in [4.78, 5) is 25.2. The van der Waals surface area contributed by atoms with Crippen molar-refractivity contribution >= 4 is 32.9 Å². The second-order valence-electron chi connectivity index (χ2n) is 6.83. The largest absolute Gasteiger partial charge is 0.460 e. The quantitative estimate of drug-likeness (QED) is 0.266. The SMILES string of the molecule is Cc1ccc(C)c(Oc2coc3cc(OC(=O)c4ccccc4Br)ccc3c2=O)c1. The number of ether oxygens (including phenoxy) is 2. The molecule has 3 aromatic carbocycles. The van der Waals surface area contributed by atoms with E-state index in [9.17, 15) is 9.59 Å². The van der Waals surface area contributed by atoms with Crippen molar-refractivity contribution in [2.45, 2.75) is 13.8 Å². The maximum atomic E-state index is 12.8. The average Bonchev–Trinajstić information content (AvgIpc) is 2.73. The number of rotatable bonds is 4. The summed E-state index contributed by atoms with van der Waals surface area (Å²) in [5.41, 5.74) is 2.33. The van der Waals surface area contributed by atoms with Crippen LogP contribution in [0.3, 0.4) is 0 Å². The first kappa shape index (κ1) is 19.9. The molecule has 0 fully saturated rings. The van der Waals surface area contributed by atoms with Gasteiger partial charge in [-0.15, -0.1) is 0 Å². The summed E-state index contributed by atoms with van der Waals surface area (Å²) in [6.07, 6.45) is 1.27. The summed E-state index contributed by atoms with van der Waals surface area (Å²) in [6, 6.07) is 17.4. The van der Waals surface area contributed by atoms with Gasteiger partial charge in [-0.1, -0.05) is 24.3 Å². The standard InChI is InChI=1S/C24H17BrO5/c1-14-7-8-15(2)20(11-14)30-22-13-28-21-12-16(9-10-18(21)23(22)26)29-24(27)17-5-3-4-6-19(17)25/h3-13H,1-2H3. The summed E-state index contributed by atoms with van der Waals surface area (Å²) >= 11 is 3.33. The minimum atomic E-state index is -0.515. The van der Waals surface area contributed by atoms with Gasteiger partial charge in [0.05, 0.1) is 10.9 Å². The van der Waals surface area contributed by atoms with Gasteiger partial charge in [-0.05, 0) is 71.2 Å². The molecular formula is C24H17BrO5. The predicted molar refractivity (Wildman–Crippen MR) is 118 cm³/mol. The molecule has 6 heteroatoms. The molecule has 150 valence electrons. The molecule has 0 spiro atoms. The van der Waals surface area contributed by atoms with Crippen LogP contribution in [0.15, 0.2) is 80.6 Å². The molecule has 5 nitrogen and oxygen atoms in total. The molecular weight excluding hydrogens is 448 g/mol. The number of benzene rings is 3. The topological polar surface area (TPSA) is 65.7 Å². The molecule has 0 saturated heterocycles. The molecule has 0 unspecified atom stereocenters. The molecule has 4 rings (SSSR count). The molecule has 30 heavy (non-hydrogen) atoms. The summed E-state index contributed by atoms with van der Waals surface area (Å²) in [7, 11) is 0. The molecule has 0 amide bonds. The van der Waals surface area contributed by atoms with E-state index >= 15 is 0 Å². The first-order chi connectivity index (χ1) is 14.4. The maximum Gasteiger partial charge on any atom is 0.344 e. The third-order valence-electron chi connectivity index (χ3n) is 4.58. The van der Waals surface area contributed by atoms with Crippen LogP contribution in [0.4, 0.5) is 0 Å². The number of halogens is 1. The highest BCUT2D eigenvalue weighted by molar-refractivity contribution is 9.10.